The monoisotopic (exact) mass is 831 g/mol. The van der Waals surface area contributed by atoms with Gasteiger partial charge in [-0.15, -0.1) is 0 Å². The molecule has 2 saturated heterocycles. The number of fused-ring (bicyclic) bond motifs is 2. The number of unbranched alkanes of at least 4 members (excludes halogenated alkanes) is 1. The number of benzene rings is 2. The number of carbonyl (C=O) groups excluding carboxylic acids is 5. The summed E-state index contributed by atoms with van der Waals surface area (Å²) in [5.74, 6) is -0.493. The van der Waals surface area contributed by atoms with E-state index in [0.29, 0.717) is 60.2 Å². The van der Waals surface area contributed by atoms with Crippen molar-refractivity contribution < 1.29 is 28.7 Å². The zero-order chi connectivity index (χ0) is 42.6. The van der Waals surface area contributed by atoms with E-state index in [0.717, 1.165) is 80.3 Å². The third kappa shape index (κ3) is 9.06. The number of hydrogen-bond acceptors (Lipinski definition) is 11. The first-order valence-corrected chi connectivity index (χ1v) is 21.2. The van der Waals surface area contributed by atoms with Gasteiger partial charge in [0.05, 0.1) is 11.6 Å². The minimum atomic E-state index is -0.523. The first-order valence-electron chi connectivity index (χ1n) is 21.2. The molecule has 8 rings (SSSR count). The second-order valence-electron chi connectivity index (χ2n) is 16.4. The molecule has 5 heterocycles. The first-order chi connectivity index (χ1) is 29.5. The lowest BCUT2D eigenvalue weighted by molar-refractivity contribution is -0.135. The molecule has 0 bridgehead atoms. The van der Waals surface area contributed by atoms with E-state index in [1.54, 1.807) is 55.1 Å². The van der Waals surface area contributed by atoms with E-state index in [1.165, 1.54) is 0 Å². The highest BCUT2D eigenvalue weighted by Crippen LogP contribution is 2.36. The lowest BCUT2D eigenvalue weighted by atomic mass is 9.93. The van der Waals surface area contributed by atoms with E-state index in [2.05, 4.69) is 35.5 Å². The molecule has 0 radical (unpaired) electrons. The van der Waals surface area contributed by atoms with Crippen molar-refractivity contribution in [2.45, 2.75) is 63.3 Å². The smallest absolute Gasteiger partial charge is 0.270 e. The second-order valence-corrected chi connectivity index (χ2v) is 16.4. The summed E-state index contributed by atoms with van der Waals surface area (Å²) < 4.78 is 9.78. The van der Waals surface area contributed by atoms with Crippen LogP contribution in [-0.2, 0) is 21.4 Å². The number of imide groups is 1. The van der Waals surface area contributed by atoms with E-state index >= 15 is 0 Å². The normalized spacial score (nSPS) is 17.5. The first kappa shape index (κ1) is 41.4. The Hall–Kier alpha value is -6.36. The summed E-state index contributed by atoms with van der Waals surface area (Å²) in [6.45, 7) is 4.04. The number of aryl methyl sites for hydroxylation is 1. The predicted molar refractivity (Wildman–Crippen MR) is 229 cm³/mol. The van der Waals surface area contributed by atoms with Gasteiger partial charge in [-0.25, -0.2) is 4.98 Å². The topological polar surface area (TPSA) is 189 Å². The Kier molecular flexibility index (Phi) is 12.3. The summed E-state index contributed by atoms with van der Waals surface area (Å²) in [6, 6.07) is 14.8. The summed E-state index contributed by atoms with van der Waals surface area (Å²) in [7, 11) is 5.30. The maximum atomic E-state index is 13.2. The van der Waals surface area contributed by atoms with Gasteiger partial charge in [0.2, 0.25) is 17.8 Å². The van der Waals surface area contributed by atoms with E-state index < -0.39 is 5.92 Å². The molecule has 3 N–H and O–H groups in total. The van der Waals surface area contributed by atoms with Crippen LogP contribution in [0.15, 0.2) is 54.7 Å². The largest absolute Gasteiger partial charge is 0.481 e. The van der Waals surface area contributed by atoms with Gasteiger partial charge in [-0.3, -0.25) is 38.9 Å². The van der Waals surface area contributed by atoms with Gasteiger partial charge < -0.3 is 29.7 Å². The van der Waals surface area contributed by atoms with Crippen molar-refractivity contribution in [1.82, 2.24) is 49.6 Å². The molecular formula is C44H53N11O6. The Labute approximate surface area is 353 Å². The Balaban J connectivity index is 0.754. The van der Waals surface area contributed by atoms with Gasteiger partial charge in [0.15, 0.2) is 6.61 Å². The molecule has 17 nitrogen and oxygen atoms in total. The summed E-state index contributed by atoms with van der Waals surface area (Å²) in [4.78, 5) is 78.4. The second kappa shape index (κ2) is 18.1. The van der Waals surface area contributed by atoms with E-state index in [1.807, 2.05) is 35.2 Å². The molecule has 3 aliphatic rings. The van der Waals surface area contributed by atoms with Crippen LogP contribution in [0, 0.1) is 0 Å². The van der Waals surface area contributed by atoms with Crippen molar-refractivity contribution in [1.29, 1.82) is 0 Å². The molecule has 5 aromatic rings. The average Bonchev–Trinajstić information content (AvgIpc) is 4.01. The summed E-state index contributed by atoms with van der Waals surface area (Å²) in [5.41, 5.74) is 3.97. The fourth-order valence-electron chi connectivity index (χ4n) is 8.70. The molecule has 2 aliphatic heterocycles. The summed E-state index contributed by atoms with van der Waals surface area (Å²) >= 11 is 0. The third-order valence-corrected chi connectivity index (χ3v) is 12.0. The zero-order valence-electron chi connectivity index (χ0n) is 35.0. The summed E-state index contributed by atoms with van der Waals surface area (Å²) in [5, 5.41) is 14.9. The minimum Gasteiger partial charge on any atom is -0.481 e. The molecule has 2 aromatic carbocycles. The standard InChI is InChI=1S/C44H53N11O6/c1-51(2)43(60)34-25-29-26-46-44(49-40(29)55(34)31-9-4-5-10-31)47-30-15-13-28(14-16-30)41(58)45-19-6-7-20-53-21-23-54(24-22-53)37(57)27-61-35-12-8-11-32-38(50-52(3)39(32)35)33-17-18-36(56)48-42(33)59/h8,11-16,25-26,31,33H,4-7,9-10,17-24,27H2,1-3H3,(H,45,58)(H,46,47,49)(H,48,56,59). The van der Waals surface area contributed by atoms with E-state index in [-0.39, 0.29) is 48.6 Å². The van der Waals surface area contributed by atoms with Crippen molar-refractivity contribution >= 4 is 63.1 Å². The van der Waals surface area contributed by atoms with Crippen LogP contribution in [0.5, 0.6) is 5.75 Å². The number of amides is 5. The van der Waals surface area contributed by atoms with Crippen LogP contribution in [0.1, 0.15) is 89.9 Å². The molecule has 61 heavy (non-hydrogen) atoms. The molecule has 320 valence electrons. The maximum absolute atomic E-state index is 13.2. The minimum absolute atomic E-state index is 0.0515. The van der Waals surface area contributed by atoms with E-state index in [9.17, 15) is 24.0 Å². The highest BCUT2D eigenvalue weighted by atomic mass is 16.5. The molecular weight excluding hydrogens is 779 g/mol. The van der Waals surface area contributed by atoms with Crippen LogP contribution in [-0.4, -0.2) is 129 Å². The number of piperazine rings is 1. The molecule has 0 spiro atoms. The van der Waals surface area contributed by atoms with Crippen molar-refractivity contribution in [2.75, 3.05) is 65.3 Å². The van der Waals surface area contributed by atoms with Gasteiger partial charge >= 0.3 is 0 Å². The number of ether oxygens (including phenoxy) is 1. The Morgan fingerprint density at radius 1 is 0.967 bits per heavy atom. The Bertz CT molecular complexity index is 2450. The van der Waals surface area contributed by atoms with E-state index in [4.69, 9.17) is 9.72 Å². The number of carbonyl (C=O) groups is 5. The van der Waals surface area contributed by atoms with Crippen LogP contribution in [0.4, 0.5) is 11.6 Å². The van der Waals surface area contributed by atoms with Crippen LogP contribution in [0.3, 0.4) is 0 Å². The molecule has 17 heteroatoms. The maximum Gasteiger partial charge on any atom is 0.270 e. The molecule has 3 fully saturated rings. The summed E-state index contributed by atoms with van der Waals surface area (Å²) in [6.07, 6.45) is 8.44. The van der Waals surface area contributed by atoms with Crippen molar-refractivity contribution in [3.05, 3.63) is 71.7 Å². The van der Waals surface area contributed by atoms with Crippen molar-refractivity contribution in [3.63, 3.8) is 0 Å². The highest BCUT2D eigenvalue weighted by molar-refractivity contribution is 6.03. The number of aromatic nitrogens is 5. The lowest BCUT2D eigenvalue weighted by Gasteiger charge is -2.34. The van der Waals surface area contributed by atoms with Crippen molar-refractivity contribution in [2.24, 2.45) is 7.05 Å². The molecule has 1 aliphatic carbocycles. The molecule has 1 saturated carbocycles. The van der Waals surface area contributed by atoms with Gasteiger partial charge in [0.25, 0.3) is 17.7 Å². The van der Waals surface area contributed by atoms with Gasteiger partial charge in [-0.1, -0.05) is 25.0 Å². The lowest BCUT2D eigenvalue weighted by Crippen LogP contribution is -2.50. The predicted octanol–water partition coefficient (Wildman–Crippen LogP) is 4.13. The fraction of sp³-hybridized carbons (Fsp3) is 0.455. The number of hydrogen-bond donors (Lipinski definition) is 3. The fourth-order valence-corrected chi connectivity index (χ4v) is 8.70. The van der Waals surface area contributed by atoms with Crippen LogP contribution in [0.2, 0.25) is 0 Å². The van der Waals surface area contributed by atoms with Gasteiger partial charge in [0, 0.05) is 94.5 Å². The van der Waals surface area contributed by atoms with Gasteiger partial charge in [-0.2, -0.15) is 10.1 Å². The van der Waals surface area contributed by atoms with Gasteiger partial charge in [-0.05, 0) is 75.0 Å². The number of anilines is 2. The third-order valence-electron chi connectivity index (χ3n) is 12.0. The van der Waals surface area contributed by atoms with Gasteiger partial charge in [0.1, 0.15) is 22.6 Å². The van der Waals surface area contributed by atoms with Crippen LogP contribution < -0.4 is 20.7 Å². The quantitative estimate of drug-likeness (QED) is 0.108. The zero-order valence-corrected chi connectivity index (χ0v) is 35.0. The Morgan fingerprint density at radius 2 is 1.74 bits per heavy atom. The molecule has 1 unspecified atom stereocenters. The number of para-hydroxylation sites is 1. The molecule has 5 amide bonds. The average molecular weight is 832 g/mol. The number of piperidine rings is 1. The van der Waals surface area contributed by atoms with Crippen molar-refractivity contribution in [3.8, 4) is 5.75 Å². The van der Waals surface area contributed by atoms with Crippen LogP contribution >= 0.6 is 0 Å². The number of nitrogens with one attached hydrogen (secondary N) is 3. The number of rotatable bonds is 14. The number of nitrogens with zero attached hydrogens (tertiary/aromatic N) is 8. The Morgan fingerprint density at radius 3 is 2.48 bits per heavy atom. The molecule has 1 atom stereocenters. The van der Waals surface area contributed by atoms with Crippen LogP contribution in [0.25, 0.3) is 21.9 Å². The highest BCUT2D eigenvalue weighted by Gasteiger charge is 2.32. The molecule has 3 aromatic heterocycles. The SMILES string of the molecule is CN(C)C(=O)c1cc2cnc(Nc3ccc(C(=O)NCCCCN4CCN(C(=O)COc5cccc6c(C7CCC(=O)NC7=O)nn(C)c56)CC4)cc3)nc2n1C1CCCC1.